The molecule has 104 valence electrons. The minimum absolute atomic E-state index is 0.0583. The molecule has 0 atom stereocenters. The summed E-state index contributed by atoms with van der Waals surface area (Å²) in [6, 6.07) is 9.55. The Kier molecular flexibility index (Phi) is 3.92. The molecular weight excluding hydrogens is 274 g/mol. The third kappa shape index (κ3) is 3.14. The molecule has 1 fully saturated rings. The van der Waals surface area contributed by atoms with Crippen molar-refractivity contribution < 1.29 is 9.53 Å². The molecule has 1 aliphatic carbocycles. The van der Waals surface area contributed by atoms with Crippen molar-refractivity contribution in [2.75, 3.05) is 5.32 Å². The van der Waals surface area contributed by atoms with E-state index in [-0.39, 0.29) is 11.8 Å². The summed E-state index contributed by atoms with van der Waals surface area (Å²) >= 11 is 1.35. The van der Waals surface area contributed by atoms with Gasteiger partial charge in [0.2, 0.25) is 11.0 Å². The Bertz CT molecular complexity index is 581. The van der Waals surface area contributed by atoms with E-state index in [2.05, 4.69) is 15.5 Å². The largest absolute Gasteiger partial charge is 0.486 e. The monoisotopic (exact) mass is 289 g/mol. The van der Waals surface area contributed by atoms with Gasteiger partial charge in [0.05, 0.1) is 0 Å². The molecule has 2 aromatic rings. The lowest BCUT2D eigenvalue weighted by Gasteiger charge is -2.23. The van der Waals surface area contributed by atoms with Gasteiger partial charge in [-0.25, -0.2) is 0 Å². The number of nitrogens with zero attached hydrogens (tertiary/aromatic N) is 2. The average Bonchev–Trinajstić information content (AvgIpc) is 2.83. The minimum atomic E-state index is 0.0583. The standard InChI is InChI=1S/C14H15N3O2S/c18-13(10-5-4-6-10)15-14-17-16-12(20-14)9-19-11-7-2-1-3-8-11/h1-3,7-8,10H,4-6,9H2,(H,15,17,18). The van der Waals surface area contributed by atoms with Crippen molar-refractivity contribution in [3.05, 3.63) is 35.3 Å². The molecule has 0 aliphatic heterocycles. The first kappa shape index (κ1) is 13.1. The van der Waals surface area contributed by atoms with Crippen molar-refractivity contribution in [2.45, 2.75) is 25.9 Å². The van der Waals surface area contributed by atoms with Crippen molar-refractivity contribution in [1.82, 2.24) is 10.2 Å². The molecule has 20 heavy (non-hydrogen) atoms. The fraction of sp³-hybridized carbons (Fsp3) is 0.357. The summed E-state index contributed by atoms with van der Waals surface area (Å²) in [7, 11) is 0. The Morgan fingerprint density at radius 3 is 2.80 bits per heavy atom. The first-order valence-corrected chi connectivity index (χ1v) is 7.44. The SMILES string of the molecule is O=C(Nc1nnc(COc2ccccc2)s1)C1CCC1. The highest BCUT2D eigenvalue weighted by molar-refractivity contribution is 7.15. The highest BCUT2D eigenvalue weighted by atomic mass is 32.1. The smallest absolute Gasteiger partial charge is 0.229 e. The number of carbonyl (C=O) groups is 1. The Morgan fingerprint density at radius 2 is 2.10 bits per heavy atom. The van der Waals surface area contributed by atoms with Crippen LogP contribution in [0.4, 0.5) is 5.13 Å². The van der Waals surface area contributed by atoms with Crippen LogP contribution in [0.3, 0.4) is 0 Å². The van der Waals surface area contributed by atoms with Gasteiger partial charge < -0.3 is 10.1 Å². The van der Waals surface area contributed by atoms with Crippen molar-refractivity contribution in [3.63, 3.8) is 0 Å². The van der Waals surface area contributed by atoms with E-state index in [0.29, 0.717) is 11.7 Å². The normalized spacial score (nSPS) is 14.6. The number of hydrogen-bond donors (Lipinski definition) is 1. The van der Waals surface area contributed by atoms with Crippen LogP contribution in [0.2, 0.25) is 0 Å². The second kappa shape index (κ2) is 6.00. The lowest BCUT2D eigenvalue weighted by Crippen LogP contribution is -2.27. The molecule has 1 saturated carbocycles. The van der Waals surface area contributed by atoms with Gasteiger partial charge in [-0.15, -0.1) is 10.2 Å². The van der Waals surface area contributed by atoms with E-state index >= 15 is 0 Å². The number of nitrogens with one attached hydrogen (secondary N) is 1. The number of hydrogen-bond acceptors (Lipinski definition) is 5. The summed E-state index contributed by atoms with van der Waals surface area (Å²) in [5.74, 6) is 1.01. The van der Waals surface area contributed by atoms with Crippen LogP contribution in [0.15, 0.2) is 30.3 Å². The number of benzene rings is 1. The van der Waals surface area contributed by atoms with E-state index in [1.165, 1.54) is 11.3 Å². The Balaban J connectivity index is 1.52. The third-order valence-corrected chi connectivity index (χ3v) is 4.09. The Hall–Kier alpha value is -1.95. The number of rotatable bonds is 5. The maximum absolute atomic E-state index is 11.8. The summed E-state index contributed by atoms with van der Waals surface area (Å²) in [6.45, 7) is 0.362. The van der Waals surface area contributed by atoms with Gasteiger partial charge in [0.1, 0.15) is 12.4 Å². The summed E-state index contributed by atoms with van der Waals surface area (Å²) in [5.41, 5.74) is 0. The van der Waals surface area contributed by atoms with Crippen LogP contribution < -0.4 is 10.1 Å². The van der Waals surface area contributed by atoms with Crippen LogP contribution in [-0.4, -0.2) is 16.1 Å². The molecule has 0 bridgehead atoms. The Morgan fingerprint density at radius 1 is 1.30 bits per heavy atom. The molecule has 1 aliphatic rings. The lowest BCUT2D eigenvalue weighted by atomic mass is 9.85. The zero-order chi connectivity index (χ0) is 13.8. The summed E-state index contributed by atoms with van der Waals surface area (Å²) < 4.78 is 5.59. The van der Waals surface area contributed by atoms with Crippen LogP contribution >= 0.6 is 11.3 Å². The van der Waals surface area contributed by atoms with E-state index in [4.69, 9.17) is 4.74 Å². The molecule has 1 heterocycles. The second-order valence-electron chi connectivity index (χ2n) is 4.72. The van der Waals surface area contributed by atoms with Crippen LogP contribution in [-0.2, 0) is 11.4 Å². The van der Waals surface area contributed by atoms with Crippen molar-refractivity contribution in [1.29, 1.82) is 0 Å². The molecule has 0 saturated heterocycles. The fourth-order valence-corrected chi connectivity index (χ4v) is 2.56. The quantitative estimate of drug-likeness (QED) is 0.919. The molecular formula is C14H15N3O2S. The topological polar surface area (TPSA) is 64.1 Å². The zero-order valence-electron chi connectivity index (χ0n) is 10.9. The molecule has 1 amide bonds. The van der Waals surface area contributed by atoms with E-state index in [1.807, 2.05) is 30.3 Å². The van der Waals surface area contributed by atoms with E-state index in [1.54, 1.807) is 0 Å². The average molecular weight is 289 g/mol. The van der Waals surface area contributed by atoms with Crippen LogP contribution in [0.1, 0.15) is 24.3 Å². The summed E-state index contributed by atoms with van der Waals surface area (Å²) in [5, 5.41) is 12.1. The molecule has 6 heteroatoms. The van der Waals surface area contributed by atoms with Gasteiger partial charge >= 0.3 is 0 Å². The summed E-state index contributed by atoms with van der Waals surface area (Å²) in [4.78, 5) is 11.8. The highest BCUT2D eigenvalue weighted by Gasteiger charge is 2.25. The van der Waals surface area contributed by atoms with Crippen molar-refractivity contribution >= 4 is 22.4 Å². The maximum Gasteiger partial charge on any atom is 0.229 e. The number of anilines is 1. The molecule has 0 spiro atoms. The van der Waals surface area contributed by atoms with Crippen LogP contribution in [0, 0.1) is 5.92 Å². The van der Waals surface area contributed by atoms with Crippen molar-refractivity contribution in [3.8, 4) is 5.75 Å². The molecule has 0 radical (unpaired) electrons. The molecule has 1 aromatic heterocycles. The molecule has 5 nitrogen and oxygen atoms in total. The van der Waals surface area contributed by atoms with Gasteiger partial charge in [0.15, 0.2) is 5.01 Å². The van der Waals surface area contributed by atoms with Crippen molar-refractivity contribution in [2.24, 2.45) is 5.92 Å². The van der Waals surface area contributed by atoms with Gasteiger partial charge in [-0.3, -0.25) is 4.79 Å². The number of para-hydroxylation sites is 1. The van der Waals surface area contributed by atoms with Crippen LogP contribution in [0.25, 0.3) is 0 Å². The predicted octanol–water partition coefficient (Wildman–Crippen LogP) is 2.86. The number of amides is 1. The molecule has 1 aromatic carbocycles. The van der Waals surface area contributed by atoms with Gasteiger partial charge in [0.25, 0.3) is 0 Å². The van der Waals surface area contributed by atoms with E-state index < -0.39 is 0 Å². The highest BCUT2D eigenvalue weighted by Crippen LogP contribution is 2.28. The minimum Gasteiger partial charge on any atom is -0.486 e. The maximum atomic E-state index is 11.8. The molecule has 0 unspecified atom stereocenters. The first-order valence-electron chi connectivity index (χ1n) is 6.62. The number of ether oxygens (including phenoxy) is 1. The Labute approximate surface area is 121 Å². The van der Waals surface area contributed by atoms with Crippen LogP contribution in [0.5, 0.6) is 5.75 Å². The lowest BCUT2D eigenvalue weighted by molar-refractivity contribution is -0.122. The first-order chi connectivity index (χ1) is 9.81. The predicted molar refractivity (Wildman–Crippen MR) is 76.7 cm³/mol. The van der Waals surface area contributed by atoms with Gasteiger partial charge in [0, 0.05) is 5.92 Å². The fourth-order valence-electron chi connectivity index (χ4n) is 1.90. The van der Waals surface area contributed by atoms with Gasteiger partial charge in [-0.05, 0) is 25.0 Å². The second-order valence-corrected chi connectivity index (χ2v) is 5.78. The number of aromatic nitrogens is 2. The molecule has 3 rings (SSSR count). The number of carbonyl (C=O) groups excluding carboxylic acids is 1. The van der Waals surface area contributed by atoms with Gasteiger partial charge in [-0.1, -0.05) is 36.0 Å². The zero-order valence-corrected chi connectivity index (χ0v) is 11.7. The van der Waals surface area contributed by atoms with E-state index in [9.17, 15) is 4.79 Å². The molecule has 1 N–H and O–H groups in total. The summed E-state index contributed by atoms with van der Waals surface area (Å²) in [6.07, 6.45) is 3.10. The van der Waals surface area contributed by atoms with E-state index in [0.717, 1.165) is 30.0 Å². The van der Waals surface area contributed by atoms with Gasteiger partial charge in [-0.2, -0.15) is 0 Å². The third-order valence-electron chi connectivity index (χ3n) is 3.28.